The summed E-state index contributed by atoms with van der Waals surface area (Å²) in [6.45, 7) is 3.75. The summed E-state index contributed by atoms with van der Waals surface area (Å²) in [7, 11) is 0. The molecule has 4 aromatic rings. The van der Waals surface area contributed by atoms with Crippen LogP contribution in [0.15, 0.2) is 75.9 Å². The van der Waals surface area contributed by atoms with Crippen LogP contribution in [0.2, 0.25) is 0 Å². The monoisotopic (exact) mass is 437 g/mol. The number of para-hydroxylation sites is 1. The molecule has 0 saturated carbocycles. The number of carbonyl (C=O) groups excluding carboxylic acids is 1. The van der Waals surface area contributed by atoms with Gasteiger partial charge in [-0.1, -0.05) is 30.3 Å². The maximum atomic E-state index is 13.1. The van der Waals surface area contributed by atoms with Crippen LogP contribution in [0.25, 0.3) is 22.3 Å². The van der Waals surface area contributed by atoms with E-state index >= 15 is 0 Å². The van der Waals surface area contributed by atoms with Crippen LogP contribution < -0.4 is 10.7 Å². The molecule has 0 aliphatic heterocycles. The van der Waals surface area contributed by atoms with Crippen LogP contribution in [0.5, 0.6) is 0 Å². The van der Waals surface area contributed by atoms with Crippen molar-refractivity contribution in [1.82, 2.24) is 0 Å². The SMILES string of the molecule is Cc1cc(C)c2oc(-c3ccc(C(=O)Nc4ccccc4C(F)(F)F)cc3)cc(=O)c2c1. The second-order valence-electron chi connectivity index (χ2n) is 7.51. The summed E-state index contributed by atoms with van der Waals surface area (Å²) in [5.41, 5.74) is 1.59. The van der Waals surface area contributed by atoms with Crippen LogP contribution in [0.1, 0.15) is 27.0 Å². The number of aryl methyl sites for hydroxylation is 2. The number of rotatable bonds is 3. The summed E-state index contributed by atoms with van der Waals surface area (Å²) >= 11 is 0. The fourth-order valence-electron chi connectivity index (χ4n) is 3.57. The predicted octanol–water partition coefficient (Wildman–Crippen LogP) is 6.35. The van der Waals surface area contributed by atoms with E-state index in [-0.39, 0.29) is 16.7 Å². The highest BCUT2D eigenvalue weighted by Crippen LogP contribution is 2.34. The van der Waals surface area contributed by atoms with Crippen LogP contribution in [0, 0.1) is 13.8 Å². The van der Waals surface area contributed by atoms with Gasteiger partial charge in [0.05, 0.1) is 16.6 Å². The molecule has 3 aromatic carbocycles. The third-order valence-corrected chi connectivity index (χ3v) is 5.07. The maximum Gasteiger partial charge on any atom is 0.418 e. The first-order valence-electron chi connectivity index (χ1n) is 9.76. The number of benzene rings is 3. The molecule has 0 bridgehead atoms. The predicted molar refractivity (Wildman–Crippen MR) is 117 cm³/mol. The van der Waals surface area contributed by atoms with Crippen LogP contribution in [-0.2, 0) is 6.18 Å². The van der Waals surface area contributed by atoms with E-state index in [1.54, 1.807) is 18.2 Å². The zero-order chi connectivity index (χ0) is 23.0. The van der Waals surface area contributed by atoms with Gasteiger partial charge in [0, 0.05) is 17.2 Å². The molecular formula is C25H18F3NO3. The van der Waals surface area contributed by atoms with Crippen molar-refractivity contribution < 1.29 is 22.4 Å². The summed E-state index contributed by atoms with van der Waals surface area (Å²) in [5.74, 6) is -0.344. The first kappa shape index (κ1) is 21.4. The average Bonchev–Trinajstić information content (AvgIpc) is 2.74. The minimum absolute atomic E-state index is 0.167. The van der Waals surface area contributed by atoms with Crippen LogP contribution >= 0.6 is 0 Å². The summed E-state index contributed by atoms with van der Waals surface area (Å²) in [6, 6.07) is 15.9. The summed E-state index contributed by atoms with van der Waals surface area (Å²) in [4.78, 5) is 25.0. The van der Waals surface area contributed by atoms with E-state index in [2.05, 4.69) is 5.32 Å². The van der Waals surface area contributed by atoms with Gasteiger partial charge in [-0.25, -0.2) is 0 Å². The van der Waals surface area contributed by atoms with Crippen molar-refractivity contribution in [3.8, 4) is 11.3 Å². The number of fused-ring (bicyclic) bond motifs is 1. The summed E-state index contributed by atoms with van der Waals surface area (Å²) in [5, 5.41) is 2.80. The van der Waals surface area contributed by atoms with Crippen molar-refractivity contribution >= 4 is 22.6 Å². The smallest absolute Gasteiger partial charge is 0.418 e. The molecule has 4 nitrogen and oxygen atoms in total. The topological polar surface area (TPSA) is 59.3 Å². The number of carbonyl (C=O) groups is 1. The van der Waals surface area contributed by atoms with Gasteiger partial charge in [0.1, 0.15) is 11.3 Å². The molecule has 0 spiro atoms. The first-order valence-corrected chi connectivity index (χ1v) is 9.76. The Hall–Kier alpha value is -3.87. The van der Waals surface area contributed by atoms with Gasteiger partial charge >= 0.3 is 6.18 Å². The molecule has 0 atom stereocenters. The van der Waals surface area contributed by atoms with E-state index in [1.807, 2.05) is 19.9 Å². The number of amides is 1. The molecule has 4 rings (SSSR count). The molecule has 1 heterocycles. The van der Waals surface area contributed by atoms with Crippen molar-refractivity contribution in [2.45, 2.75) is 20.0 Å². The molecule has 0 aliphatic carbocycles. The fraction of sp³-hybridized carbons (Fsp3) is 0.120. The number of nitrogens with one attached hydrogen (secondary N) is 1. The van der Waals surface area contributed by atoms with Gasteiger partial charge in [0.2, 0.25) is 0 Å². The molecule has 162 valence electrons. The van der Waals surface area contributed by atoms with Gasteiger partial charge in [-0.15, -0.1) is 0 Å². The number of hydrogen-bond acceptors (Lipinski definition) is 3. The fourth-order valence-corrected chi connectivity index (χ4v) is 3.57. The Bertz CT molecular complexity index is 1390. The number of hydrogen-bond donors (Lipinski definition) is 1. The van der Waals surface area contributed by atoms with E-state index < -0.39 is 17.6 Å². The van der Waals surface area contributed by atoms with Crippen LogP contribution in [0.3, 0.4) is 0 Å². The Balaban J connectivity index is 1.63. The van der Waals surface area contributed by atoms with E-state index in [0.29, 0.717) is 22.3 Å². The highest BCUT2D eigenvalue weighted by Gasteiger charge is 2.33. The van der Waals surface area contributed by atoms with Crippen LogP contribution in [-0.4, -0.2) is 5.91 Å². The van der Waals surface area contributed by atoms with E-state index in [9.17, 15) is 22.8 Å². The van der Waals surface area contributed by atoms with Gasteiger partial charge < -0.3 is 9.73 Å². The van der Waals surface area contributed by atoms with E-state index in [0.717, 1.165) is 17.2 Å². The van der Waals surface area contributed by atoms with Gasteiger partial charge in [-0.3, -0.25) is 9.59 Å². The molecule has 0 aliphatic rings. The maximum absolute atomic E-state index is 13.1. The average molecular weight is 437 g/mol. The lowest BCUT2D eigenvalue weighted by atomic mass is 10.1. The molecule has 1 aromatic heterocycles. The number of halogens is 3. The minimum atomic E-state index is -4.59. The van der Waals surface area contributed by atoms with E-state index in [4.69, 9.17) is 4.42 Å². The zero-order valence-electron chi connectivity index (χ0n) is 17.2. The molecule has 0 fully saturated rings. The summed E-state index contributed by atoms with van der Waals surface area (Å²) in [6.07, 6.45) is -4.59. The third-order valence-electron chi connectivity index (χ3n) is 5.07. The quantitative estimate of drug-likeness (QED) is 0.406. The van der Waals surface area contributed by atoms with Crippen LogP contribution in [0.4, 0.5) is 18.9 Å². The normalized spacial score (nSPS) is 11.5. The lowest BCUT2D eigenvalue weighted by Crippen LogP contribution is -2.16. The van der Waals surface area contributed by atoms with Gasteiger partial charge in [0.15, 0.2) is 5.43 Å². The third kappa shape index (κ3) is 4.14. The van der Waals surface area contributed by atoms with Crippen molar-refractivity contribution in [2.24, 2.45) is 0 Å². The van der Waals surface area contributed by atoms with E-state index in [1.165, 1.54) is 36.4 Å². The van der Waals surface area contributed by atoms with Crippen molar-refractivity contribution in [1.29, 1.82) is 0 Å². The Labute approximate surface area is 181 Å². The molecule has 0 saturated heterocycles. The highest BCUT2D eigenvalue weighted by molar-refractivity contribution is 6.05. The molecular weight excluding hydrogens is 419 g/mol. The first-order chi connectivity index (χ1) is 15.1. The zero-order valence-corrected chi connectivity index (χ0v) is 17.2. The molecule has 1 amide bonds. The summed E-state index contributed by atoms with van der Waals surface area (Å²) < 4.78 is 45.4. The molecule has 32 heavy (non-hydrogen) atoms. The van der Waals surface area contributed by atoms with Gasteiger partial charge in [-0.05, 0) is 55.3 Å². The minimum Gasteiger partial charge on any atom is -0.456 e. The number of alkyl halides is 3. The molecule has 0 unspecified atom stereocenters. The molecule has 0 radical (unpaired) electrons. The Kier molecular flexibility index (Phi) is 5.34. The standard InChI is InChI=1S/C25H18F3NO3/c1-14-11-15(2)23-18(12-14)21(30)13-22(32-23)16-7-9-17(10-8-16)24(31)29-20-6-4-3-5-19(20)25(26,27)28/h3-13H,1-2H3,(H,29,31). The van der Waals surface area contributed by atoms with Crippen molar-refractivity contribution in [2.75, 3.05) is 5.32 Å². The lowest BCUT2D eigenvalue weighted by Gasteiger charge is -2.13. The molecule has 1 N–H and O–H groups in total. The second kappa shape index (κ2) is 8.00. The Morgan fingerprint density at radius 1 is 0.938 bits per heavy atom. The largest absolute Gasteiger partial charge is 0.456 e. The Morgan fingerprint density at radius 3 is 2.31 bits per heavy atom. The molecule has 7 heteroatoms. The Morgan fingerprint density at radius 2 is 1.62 bits per heavy atom. The van der Waals surface area contributed by atoms with Gasteiger partial charge in [0.25, 0.3) is 5.91 Å². The van der Waals surface area contributed by atoms with Gasteiger partial charge in [-0.2, -0.15) is 13.2 Å². The highest BCUT2D eigenvalue weighted by atomic mass is 19.4. The van der Waals surface area contributed by atoms with Crippen molar-refractivity contribution in [3.63, 3.8) is 0 Å². The van der Waals surface area contributed by atoms with Crippen molar-refractivity contribution in [3.05, 3.63) is 99.2 Å². The second-order valence-corrected chi connectivity index (χ2v) is 7.51. The lowest BCUT2D eigenvalue weighted by molar-refractivity contribution is -0.136. The number of anilines is 1.